The predicted molar refractivity (Wildman–Crippen MR) is 56.9 cm³/mol. The van der Waals surface area contributed by atoms with Gasteiger partial charge in [0.2, 0.25) is 5.91 Å². The number of nitrogens with one attached hydrogen (secondary N) is 1. The highest BCUT2D eigenvalue weighted by Crippen LogP contribution is 2.44. The molecule has 0 bridgehead atoms. The van der Waals surface area contributed by atoms with Crippen LogP contribution in [0.3, 0.4) is 0 Å². The zero-order valence-corrected chi connectivity index (χ0v) is 10.3. The van der Waals surface area contributed by atoms with Crippen molar-refractivity contribution in [2.75, 3.05) is 6.16 Å². The molecule has 0 aromatic rings. The van der Waals surface area contributed by atoms with Crippen molar-refractivity contribution in [3.8, 4) is 0 Å². The second-order valence-electron chi connectivity index (χ2n) is 3.54. The van der Waals surface area contributed by atoms with E-state index in [2.05, 4.69) is 11.9 Å². The molecule has 0 aromatic heterocycles. The molecule has 0 heterocycles. The Morgan fingerprint density at radius 3 is 2.06 bits per heavy atom. The van der Waals surface area contributed by atoms with Gasteiger partial charge < -0.3 is 5.32 Å². The Morgan fingerprint density at radius 1 is 1.28 bits per heavy atom. The summed E-state index contributed by atoms with van der Waals surface area (Å²) in [5, 5.41) is 2.20. The first-order valence-electron chi connectivity index (χ1n) is 4.78. The van der Waals surface area contributed by atoms with Crippen LogP contribution in [0, 0.1) is 0 Å². The van der Waals surface area contributed by atoms with E-state index in [0.717, 1.165) is 6.08 Å². The van der Waals surface area contributed by atoms with E-state index in [1.165, 1.54) is 6.92 Å². The Hall–Kier alpha value is -0.780. The van der Waals surface area contributed by atoms with E-state index in [0.29, 0.717) is 0 Å². The molecule has 0 rings (SSSR count). The number of hydrogen-bond donors (Lipinski definition) is 1. The highest BCUT2D eigenvalue weighted by Gasteiger charge is 2.56. The topological polar surface area (TPSA) is 29.1 Å². The van der Waals surface area contributed by atoms with Gasteiger partial charge in [-0.2, -0.15) is 26.3 Å². The van der Waals surface area contributed by atoms with E-state index < -0.39 is 44.7 Å². The van der Waals surface area contributed by atoms with Crippen LogP contribution < -0.4 is 5.32 Å². The lowest BCUT2D eigenvalue weighted by atomic mass is 10.4. The Labute approximate surface area is 102 Å². The summed E-state index contributed by atoms with van der Waals surface area (Å²) in [6.45, 7) is 4.45. The van der Waals surface area contributed by atoms with Crippen LogP contribution in [-0.4, -0.2) is 36.1 Å². The number of amides is 1. The van der Waals surface area contributed by atoms with E-state index in [9.17, 15) is 31.1 Å². The van der Waals surface area contributed by atoms with Crippen LogP contribution in [-0.2, 0) is 4.79 Å². The standard InChI is InChI=1S/C9H12F6NOP/c1-3-6(17)16-5(2)4-18-7(8(10,11)12)9(13,14)15/h3,5,7,18H,1,4H2,2H3,(H,16,17). The molecule has 1 amide bonds. The number of halogens is 6. The number of hydrogen-bond acceptors (Lipinski definition) is 1. The van der Waals surface area contributed by atoms with Crippen LogP contribution in [0.2, 0.25) is 0 Å². The third kappa shape index (κ3) is 6.23. The molecule has 0 saturated carbocycles. The maximum absolute atomic E-state index is 12.2. The van der Waals surface area contributed by atoms with E-state index in [1.54, 1.807) is 0 Å². The largest absolute Gasteiger partial charge is 0.404 e. The third-order valence-corrected chi connectivity index (χ3v) is 3.77. The van der Waals surface area contributed by atoms with Gasteiger partial charge in [0.05, 0.1) is 0 Å². The van der Waals surface area contributed by atoms with Crippen LogP contribution in [0.5, 0.6) is 0 Å². The third-order valence-electron chi connectivity index (χ3n) is 1.86. The fraction of sp³-hybridized carbons (Fsp3) is 0.667. The maximum Gasteiger partial charge on any atom is 0.404 e. The molecule has 0 spiro atoms. The van der Waals surface area contributed by atoms with Crippen molar-refractivity contribution in [2.45, 2.75) is 31.0 Å². The summed E-state index contributed by atoms with van der Waals surface area (Å²) in [5.74, 6) is -0.636. The van der Waals surface area contributed by atoms with Gasteiger partial charge in [-0.15, -0.1) is 0 Å². The van der Waals surface area contributed by atoms with Crippen molar-refractivity contribution in [2.24, 2.45) is 0 Å². The van der Waals surface area contributed by atoms with Gasteiger partial charge in [0, 0.05) is 6.04 Å². The molecule has 106 valence electrons. The lowest BCUT2D eigenvalue weighted by molar-refractivity contribution is -0.225. The lowest BCUT2D eigenvalue weighted by Gasteiger charge is -2.24. The minimum absolute atomic E-state index is 0.400. The van der Waals surface area contributed by atoms with Gasteiger partial charge in [0.15, 0.2) is 5.66 Å². The molecule has 0 aliphatic heterocycles. The summed E-state index contributed by atoms with van der Waals surface area (Å²) in [7, 11) is -1.39. The van der Waals surface area contributed by atoms with Crippen molar-refractivity contribution in [1.29, 1.82) is 0 Å². The predicted octanol–water partition coefficient (Wildman–Crippen LogP) is 2.85. The average Bonchev–Trinajstić information content (AvgIpc) is 2.13. The van der Waals surface area contributed by atoms with Gasteiger partial charge in [-0.05, 0) is 19.2 Å². The Morgan fingerprint density at radius 2 is 1.72 bits per heavy atom. The summed E-state index contributed by atoms with van der Waals surface area (Å²) in [5.41, 5.74) is -3.34. The molecule has 18 heavy (non-hydrogen) atoms. The van der Waals surface area contributed by atoms with Crippen molar-refractivity contribution < 1.29 is 31.1 Å². The Bertz CT molecular complexity index is 286. The highest BCUT2D eigenvalue weighted by molar-refractivity contribution is 7.39. The second-order valence-corrected chi connectivity index (χ2v) is 4.93. The molecule has 9 heteroatoms. The molecular formula is C9H12F6NOP. The van der Waals surface area contributed by atoms with Gasteiger partial charge in [-0.25, -0.2) is 0 Å². The van der Waals surface area contributed by atoms with Gasteiger partial charge in [-0.1, -0.05) is 15.2 Å². The summed E-state index contributed by atoms with van der Waals surface area (Å²) in [6, 6.07) is -0.777. The Balaban J connectivity index is 4.46. The van der Waals surface area contributed by atoms with Crippen LogP contribution in [0.1, 0.15) is 6.92 Å². The molecule has 2 nitrogen and oxygen atoms in total. The summed E-state index contributed by atoms with van der Waals surface area (Å²) < 4.78 is 73.1. The summed E-state index contributed by atoms with van der Waals surface area (Å²) in [6.07, 6.45) is -10.1. The van der Waals surface area contributed by atoms with Crippen molar-refractivity contribution >= 4 is 14.5 Å². The first kappa shape index (κ1) is 17.2. The fourth-order valence-electron chi connectivity index (χ4n) is 1.06. The van der Waals surface area contributed by atoms with Crippen molar-refractivity contribution in [1.82, 2.24) is 5.32 Å². The zero-order chi connectivity index (χ0) is 14.6. The molecule has 0 aliphatic carbocycles. The zero-order valence-electron chi connectivity index (χ0n) is 9.32. The molecule has 2 unspecified atom stereocenters. The SMILES string of the molecule is C=CC(=O)NC(C)CPC(C(F)(F)F)C(F)(F)F. The molecule has 0 radical (unpaired) electrons. The van der Waals surface area contributed by atoms with E-state index in [1.807, 2.05) is 0 Å². The van der Waals surface area contributed by atoms with Gasteiger partial charge in [-0.3, -0.25) is 4.79 Å². The second kappa shape index (κ2) is 6.41. The van der Waals surface area contributed by atoms with Gasteiger partial charge >= 0.3 is 12.4 Å². The normalized spacial score (nSPS) is 15.1. The van der Waals surface area contributed by atoms with Gasteiger partial charge in [0.25, 0.3) is 0 Å². The van der Waals surface area contributed by atoms with Crippen LogP contribution in [0.4, 0.5) is 26.3 Å². The first-order valence-corrected chi connectivity index (χ1v) is 6.06. The number of carbonyl (C=O) groups excluding carboxylic acids is 1. The average molecular weight is 295 g/mol. The Kier molecular flexibility index (Phi) is 6.13. The number of alkyl halides is 6. The highest BCUT2D eigenvalue weighted by atomic mass is 31.1. The molecule has 0 saturated heterocycles. The molecular weight excluding hydrogens is 283 g/mol. The van der Waals surface area contributed by atoms with Crippen molar-refractivity contribution in [3.63, 3.8) is 0 Å². The molecule has 2 atom stereocenters. The first-order chi connectivity index (χ1) is 7.98. The molecule has 0 aliphatic rings. The molecule has 1 N–H and O–H groups in total. The smallest absolute Gasteiger partial charge is 0.350 e. The monoisotopic (exact) mass is 295 g/mol. The molecule has 0 fully saturated rings. The number of rotatable bonds is 5. The fourth-order valence-corrected chi connectivity index (χ4v) is 2.22. The van der Waals surface area contributed by atoms with Crippen LogP contribution >= 0.6 is 8.58 Å². The minimum Gasteiger partial charge on any atom is -0.350 e. The number of carbonyl (C=O) groups is 1. The quantitative estimate of drug-likeness (QED) is 0.472. The summed E-state index contributed by atoms with van der Waals surface area (Å²) in [4.78, 5) is 10.8. The minimum atomic E-state index is -5.32. The van der Waals surface area contributed by atoms with Gasteiger partial charge in [0.1, 0.15) is 0 Å². The summed E-state index contributed by atoms with van der Waals surface area (Å²) >= 11 is 0. The van der Waals surface area contributed by atoms with E-state index in [4.69, 9.17) is 0 Å². The van der Waals surface area contributed by atoms with Crippen LogP contribution in [0.25, 0.3) is 0 Å². The van der Waals surface area contributed by atoms with Crippen molar-refractivity contribution in [3.05, 3.63) is 12.7 Å². The maximum atomic E-state index is 12.2. The van der Waals surface area contributed by atoms with Crippen LogP contribution in [0.15, 0.2) is 12.7 Å². The lowest BCUT2D eigenvalue weighted by Crippen LogP contribution is -2.40. The van der Waals surface area contributed by atoms with E-state index >= 15 is 0 Å². The van der Waals surface area contributed by atoms with E-state index in [-0.39, 0.29) is 0 Å². The molecule has 0 aromatic carbocycles.